The molecule has 3 heteroatoms. The van der Waals surface area contributed by atoms with Crippen LogP contribution in [0.5, 0.6) is 5.75 Å². The third-order valence-electron chi connectivity index (χ3n) is 4.83. The molecule has 2 aromatic rings. The van der Waals surface area contributed by atoms with E-state index in [1.807, 2.05) is 18.2 Å². The minimum absolute atomic E-state index is 0.685. The molecule has 0 aromatic heterocycles. The van der Waals surface area contributed by atoms with Crippen LogP contribution in [0.3, 0.4) is 0 Å². The molecule has 2 aromatic carbocycles. The van der Waals surface area contributed by atoms with Gasteiger partial charge in [0.15, 0.2) is 0 Å². The van der Waals surface area contributed by atoms with Gasteiger partial charge in [-0.1, -0.05) is 47.3 Å². The number of hydrogen-bond donors (Lipinski definition) is 1. The summed E-state index contributed by atoms with van der Waals surface area (Å²) >= 11 is 0. The number of rotatable bonds is 6. The first-order chi connectivity index (χ1) is 12.4. The van der Waals surface area contributed by atoms with E-state index < -0.39 is 0 Å². The molecule has 1 N–H and O–H groups in total. The second kappa shape index (κ2) is 9.25. The molecule has 0 heterocycles. The van der Waals surface area contributed by atoms with Crippen molar-refractivity contribution in [2.24, 2.45) is 5.92 Å². The molecule has 0 radical (unpaired) electrons. The second-order valence-corrected chi connectivity index (χ2v) is 6.62. The van der Waals surface area contributed by atoms with Crippen molar-refractivity contribution < 1.29 is 4.74 Å². The summed E-state index contributed by atoms with van der Waals surface area (Å²) in [4.78, 5) is 4.37. The maximum atomic E-state index is 5.52. The minimum atomic E-state index is 0.685. The van der Waals surface area contributed by atoms with Gasteiger partial charge in [0, 0.05) is 12.1 Å². The van der Waals surface area contributed by atoms with E-state index in [1.165, 1.54) is 23.1 Å². The average Bonchev–Trinajstić information content (AvgIpc) is 2.67. The highest BCUT2D eigenvalue weighted by Gasteiger charge is 2.21. The molecule has 0 bridgehead atoms. The van der Waals surface area contributed by atoms with Gasteiger partial charge >= 0.3 is 0 Å². The quantitative estimate of drug-likeness (QED) is 0.796. The molecule has 0 spiro atoms. The third-order valence-corrected chi connectivity index (χ3v) is 4.83. The van der Waals surface area contributed by atoms with E-state index in [0.29, 0.717) is 5.92 Å². The lowest BCUT2D eigenvalue weighted by molar-refractivity contribution is 0.384. The van der Waals surface area contributed by atoms with Crippen LogP contribution in [0.25, 0.3) is 4.85 Å². The third kappa shape index (κ3) is 5.08. The van der Waals surface area contributed by atoms with Crippen LogP contribution in [0, 0.1) is 12.0 Å². The van der Waals surface area contributed by atoms with Gasteiger partial charge in [-0.25, -0.2) is 0 Å². The van der Waals surface area contributed by atoms with Crippen LogP contribution in [0.1, 0.15) is 29.5 Å². The molecule has 3 nitrogen and oxygen atoms in total. The molecule has 1 aliphatic rings. The van der Waals surface area contributed by atoms with Gasteiger partial charge in [0.1, 0.15) is 5.75 Å². The van der Waals surface area contributed by atoms with Crippen molar-refractivity contribution in [3.8, 4) is 11.8 Å². The van der Waals surface area contributed by atoms with Gasteiger partial charge in [0.2, 0.25) is 0 Å². The van der Waals surface area contributed by atoms with Crippen molar-refractivity contribution in [2.45, 2.75) is 32.2 Å². The normalized spacial score (nSPS) is 15.8. The van der Waals surface area contributed by atoms with Crippen molar-refractivity contribution in [1.29, 1.82) is 0 Å². The summed E-state index contributed by atoms with van der Waals surface area (Å²) in [6.07, 6.45) is 4.38. The van der Waals surface area contributed by atoms with Gasteiger partial charge in [-0.2, -0.15) is 0 Å². The minimum Gasteiger partial charge on any atom is -0.496 e. The lowest BCUT2D eigenvalue weighted by Gasteiger charge is -2.26. The van der Waals surface area contributed by atoms with E-state index >= 15 is 0 Å². The predicted molar refractivity (Wildman–Crippen MR) is 103 cm³/mol. The number of aryl methyl sites for hydroxylation is 1. The molecule has 0 amide bonds. The van der Waals surface area contributed by atoms with E-state index in [2.05, 4.69) is 46.6 Å². The monoisotopic (exact) mass is 335 g/mol. The van der Waals surface area contributed by atoms with Crippen molar-refractivity contribution in [1.82, 2.24) is 5.32 Å². The first kappa shape index (κ1) is 17.5. The van der Waals surface area contributed by atoms with Crippen molar-refractivity contribution in [3.05, 3.63) is 70.1 Å². The highest BCUT2D eigenvalue weighted by Crippen LogP contribution is 2.31. The Morgan fingerprint density at radius 3 is 2.88 bits per heavy atom. The standard InChI is InChI=1S/C22H27N2O/c1-25-22-10-5-9-20-12-11-19(15-21(20)22)17-24-14-6-13-23-16-18-7-3-2-4-8-18/h2-5,7-10,19,24H,6,11-12,14-17H2,1H3/q+1. The molecule has 0 aliphatic heterocycles. The Labute approximate surface area is 150 Å². The fourth-order valence-electron chi connectivity index (χ4n) is 3.45. The zero-order valence-corrected chi connectivity index (χ0v) is 15.0. The number of benzene rings is 2. The topological polar surface area (TPSA) is 25.6 Å². The van der Waals surface area contributed by atoms with Gasteiger partial charge in [0.05, 0.1) is 13.5 Å². The van der Waals surface area contributed by atoms with Crippen LogP contribution >= 0.6 is 0 Å². The molecule has 1 unspecified atom stereocenters. The second-order valence-electron chi connectivity index (χ2n) is 6.62. The molecule has 1 aliphatic carbocycles. The highest BCUT2D eigenvalue weighted by atomic mass is 16.5. The number of nitrogens with one attached hydrogen (secondary N) is 1. The average molecular weight is 335 g/mol. The zero-order chi connectivity index (χ0) is 17.3. The SMILES string of the molecule is COc1cccc2c1CC(CNCCC#[N+]Cc1ccccc1)CC2. The number of fused-ring (bicyclic) bond motifs is 1. The molecule has 0 saturated carbocycles. The summed E-state index contributed by atoms with van der Waals surface area (Å²) in [6.45, 7) is 2.71. The molecule has 1 atom stereocenters. The largest absolute Gasteiger partial charge is 0.496 e. The molecule has 25 heavy (non-hydrogen) atoms. The van der Waals surface area contributed by atoms with Crippen molar-refractivity contribution >= 4 is 0 Å². The number of methoxy groups -OCH3 is 1. The molecular formula is C22H27N2O+. The maximum absolute atomic E-state index is 5.52. The maximum Gasteiger partial charge on any atom is 0.288 e. The Kier molecular flexibility index (Phi) is 6.48. The zero-order valence-electron chi connectivity index (χ0n) is 15.0. The van der Waals surface area contributed by atoms with Gasteiger partial charge in [-0.15, -0.1) is 0 Å². The van der Waals surface area contributed by atoms with Gasteiger partial charge in [-0.3, -0.25) is 0 Å². The van der Waals surface area contributed by atoms with E-state index in [1.54, 1.807) is 7.11 Å². The molecule has 0 fully saturated rings. The molecule has 0 saturated heterocycles. The Hall–Kier alpha value is -2.31. The van der Waals surface area contributed by atoms with Crippen LogP contribution in [-0.2, 0) is 19.4 Å². The molecule has 3 rings (SSSR count). The molecular weight excluding hydrogens is 308 g/mol. The number of hydrogen-bond acceptors (Lipinski definition) is 2. The van der Waals surface area contributed by atoms with Gasteiger partial charge in [0.25, 0.3) is 12.6 Å². The Balaban J connectivity index is 1.37. The Morgan fingerprint density at radius 1 is 1.16 bits per heavy atom. The summed E-state index contributed by atoms with van der Waals surface area (Å²) in [6, 6.07) is 19.9. The van der Waals surface area contributed by atoms with Crippen molar-refractivity contribution in [3.63, 3.8) is 0 Å². The van der Waals surface area contributed by atoms with Crippen LogP contribution in [-0.4, -0.2) is 20.2 Å². The predicted octanol–water partition coefficient (Wildman–Crippen LogP) is 4.31. The first-order valence-electron chi connectivity index (χ1n) is 9.15. The van der Waals surface area contributed by atoms with E-state index in [9.17, 15) is 0 Å². The number of nitrogens with zero attached hydrogens (tertiary/aromatic N) is 1. The van der Waals surface area contributed by atoms with Gasteiger partial charge < -0.3 is 10.1 Å². The van der Waals surface area contributed by atoms with Crippen LogP contribution in [0.4, 0.5) is 0 Å². The van der Waals surface area contributed by atoms with Crippen LogP contribution in [0.15, 0.2) is 48.5 Å². The van der Waals surface area contributed by atoms with Crippen LogP contribution < -0.4 is 10.1 Å². The lowest BCUT2D eigenvalue weighted by atomic mass is 9.83. The van der Waals surface area contributed by atoms with Gasteiger partial charge in [-0.05, 0) is 48.9 Å². The number of ether oxygens (including phenoxy) is 1. The summed E-state index contributed by atoms with van der Waals surface area (Å²) in [5, 5.41) is 3.56. The van der Waals surface area contributed by atoms with E-state index in [0.717, 1.165) is 44.6 Å². The summed E-state index contributed by atoms with van der Waals surface area (Å²) in [5.41, 5.74) is 4.09. The summed E-state index contributed by atoms with van der Waals surface area (Å²) in [7, 11) is 1.77. The molecule has 130 valence electrons. The van der Waals surface area contributed by atoms with E-state index in [4.69, 9.17) is 4.74 Å². The first-order valence-corrected chi connectivity index (χ1v) is 9.15. The smallest absolute Gasteiger partial charge is 0.288 e. The fourth-order valence-corrected chi connectivity index (χ4v) is 3.45. The lowest BCUT2D eigenvalue weighted by Crippen LogP contribution is -2.28. The van der Waals surface area contributed by atoms with E-state index in [-0.39, 0.29) is 0 Å². The Morgan fingerprint density at radius 2 is 2.04 bits per heavy atom. The Bertz CT molecular complexity index is 716. The summed E-state index contributed by atoms with van der Waals surface area (Å²) < 4.78 is 5.52. The highest BCUT2D eigenvalue weighted by molar-refractivity contribution is 5.42. The summed E-state index contributed by atoms with van der Waals surface area (Å²) in [5.74, 6) is 1.73. The van der Waals surface area contributed by atoms with Crippen LogP contribution in [0.2, 0.25) is 0 Å². The fraction of sp³-hybridized carbons (Fsp3) is 0.409. The van der Waals surface area contributed by atoms with Crippen molar-refractivity contribution in [2.75, 3.05) is 20.2 Å².